The summed E-state index contributed by atoms with van der Waals surface area (Å²) in [5, 5.41) is 0.352. The van der Waals surface area contributed by atoms with Crippen molar-refractivity contribution in [1.82, 2.24) is 9.21 Å². The summed E-state index contributed by atoms with van der Waals surface area (Å²) in [7, 11) is -4.37. The van der Waals surface area contributed by atoms with Gasteiger partial charge in [-0.1, -0.05) is 72.3 Å². The van der Waals surface area contributed by atoms with Crippen LogP contribution in [0.3, 0.4) is 0 Å². The molecule has 0 N–H and O–H groups in total. The third-order valence-corrected chi connectivity index (χ3v) is 7.04. The molecule has 6 nitrogen and oxygen atoms in total. The number of rotatable bonds is 6. The molecule has 31 heavy (non-hydrogen) atoms. The molecule has 1 atom stereocenters. The second-order valence-corrected chi connectivity index (χ2v) is 9.39. The number of sulfonamides is 1. The average Bonchev–Trinajstić information content (AvgIpc) is 3.00. The van der Waals surface area contributed by atoms with Gasteiger partial charge in [-0.2, -0.15) is 0 Å². The predicted octanol–water partition coefficient (Wildman–Crippen LogP) is 4.10. The maximum atomic E-state index is 13.3. The Morgan fingerprint density at radius 2 is 1.32 bits per heavy atom. The second kappa shape index (κ2) is 8.53. The summed E-state index contributed by atoms with van der Waals surface area (Å²) in [5.74, 6) is -0.764. The molecular formula is C23H19ClN2O4S. The van der Waals surface area contributed by atoms with E-state index in [2.05, 4.69) is 0 Å². The molecule has 0 bridgehead atoms. The molecule has 0 aromatic heterocycles. The third-order valence-electron chi connectivity index (χ3n) is 5.10. The fraction of sp³-hybridized carbons (Fsp3) is 0.130. The van der Waals surface area contributed by atoms with E-state index in [1.54, 1.807) is 0 Å². The Morgan fingerprint density at radius 3 is 1.90 bits per heavy atom. The van der Waals surface area contributed by atoms with E-state index in [1.807, 2.05) is 60.7 Å². The van der Waals surface area contributed by atoms with E-state index in [9.17, 15) is 18.0 Å². The Labute approximate surface area is 185 Å². The van der Waals surface area contributed by atoms with E-state index >= 15 is 0 Å². The van der Waals surface area contributed by atoms with Gasteiger partial charge in [-0.25, -0.2) is 13.2 Å². The number of hydrogen-bond acceptors (Lipinski definition) is 4. The summed E-state index contributed by atoms with van der Waals surface area (Å²) in [4.78, 5) is 27.6. The highest BCUT2D eigenvalue weighted by Gasteiger charge is 2.51. The van der Waals surface area contributed by atoms with Crippen molar-refractivity contribution in [2.75, 3.05) is 0 Å². The van der Waals surface area contributed by atoms with E-state index in [0.717, 1.165) is 11.1 Å². The Hall–Kier alpha value is -3.16. The number of carbonyl (C=O) groups excluding carboxylic acids is 2. The maximum absolute atomic E-state index is 13.3. The van der Waals surface area contributed by atoms with E-state index in [4.69, 9.17) is 11.6 Å². The van der Waals surface area contributed by atoms with Crippen LogP contribution in [-0.2, 0) is 27.8 Å². The number of benzene rings is 3. The lowest BCUT2D eigenvalue weighted by Gasteiger charge is -2.22. The minimum atomic E-state index is -4.37. The van der Waals surface area contributed by atoms with Gasteiger partial charge >= 0.3 is 6.03 Å². The zero-order chi connectivity index (χ0) is 22.0. The lowest BCUT2D eigenvalue weighted by atomic mass is 10.0. The van der Waals surface area contributed by atoms with Crippen molar-refractivity contribution in [3.8, 4) is 0 Å². The van der Waals surface area contributed by atoms with Gasteiger partial charge in [0.05, 0.1) is 4.90 Å². The molecule has 0 radical (unpaired) electrons. The van der Waals surface area contributed by atoms with E-state index in [0.29, 0.717) is 9.33 Å². The standard InChI is InChI=1S/C23H19ClN2O4S/c24-19-11-13-20(14-12-19)31(29,30)26-22(27)21(15-17-7-3-1-4-8-17)25(23(26)28)16-18-9-5-2-6-10-18/h1-14,21H,15-16H2/t21-/m0/s1. The number of carbonyl (C=O) groups is 2. The van der Waals surface area contributed by atoms with Gasteiger partial charge in [-0.3, -0.25) is 4.79 Å². The van der Waals surface area contributed by atoms with Crippen molar-refractivity contribution < 1.29 is 18.0 Å². The van der Waals surface area contributed by atoms with Crippen LogP contribution in [0.25, 0.3) is 0 Å². The summed E-state index contributed by atoms with van der Waals surface area (Å²) in [6.07, 6.45) is 0.213. The maximum Gasteiger partial charge on any atom is 0.342 e. The minimum absolute atomic E-state index is 0.121. The first-order chi connectivity index (χ1) is 14.9. The topological polar surface area (TPSA) is 74.8 Å². The first-order valence-corrected chi connectivity index (χ1v) is 11.4. The quantitative estimate of drug-likeness (QED) is 0.525. The van der Waals surface area contributed by atoms with Gasteiger partial charge < -0.3 is 4.90 Å². The SMILES string of the molecule is O=C1[C@H](Cc2ccccc2)N(Cc2ccccc2)C(=O)N1S(=O)(=O)c1ccc(Cl)cc1. The van der Waals surface area contributed by atoms with Gasteiger partial charge in [0, 0.05) is 18.0 Å². The molecule has 1 fully saturated rings. The van der Waals surface area contributed by atoms with Crippen molar-refractivity contribution in [2.45, 2.75) is 23.9 Å². The van der Waals surface area contributed by atoms with Crippen molar-refractivity contribution in [1.29, 1.82) is 0 Å². The van der Waals surface area contributed by atoms with E-state index < -0.39 is 28.0 Å². The number of amides is 3. The smallest absolute Gasteiger partial charge is 0.307 e. The van der Waals surface area contributed by atoms with Crippen molar-refractivity contribution >= 4 is 33.6 Å². The molecule has 1 saturated heterocycles. The van der Waals surface area contributed by atoms with Crippen LogP contribution in [0, 0.1) is 0 Å². The zero-order valence-electron chi connectivity index (χ0n) is 16.4. The van der Waals surface area contributed by atoms with Crippen LogP contribution in [0.5, 0.6) is 0 Å². The van der Waals surface area contributed by atoms with Gasteiger partial charge in [-0.15, -0.1) is 4.31 Å². The van der Waals surface area contributed by atoms with Crippen molar-refractivity contribution in [3.05, 3.63) is 101 Å². The molecule has 0 aliphatic carbocycles. The summed E-state index contributed by atoms with van der Waals surface area (Å²) < 4.78 is 26.7. The van der Waals surface area contributed by atoms with E-state index in [-0.39, 0.29) is 17.9 Å². The largest absolute Gasteiger partial charge is 0.342 e. The molecule has 0 spiro atoms. The summed E-state index contributed by atoms with van der Waals surface area (Å²) in [5.41, 5.74) is 1.63. The molecule has 3 amide bonds. The van der Waals surface area contributed by atoms with Crippen molar-refractivity contribution in [3.63, 3.8) is 0 Å². The molecule has 1 aliphatic rings. The van der Waals surface area contributed by atoms with Crippen LogP contribution in [0.4, 0.5) is 4.79 Å². The zero-order valence-corrected chi connectivity index (χ0v) is 18.0. The Bertz CT molecular complexity index is 1140. The first kappa shape index (κ1) is 21.1. The molecular weight excluding hydrogens is 436 g/mol. The van der Waals surface area contributed by atoms with Crippen LogP contribution in [-0.4, -0.2) is 35.6 Å². The van der Waals surface area contributed by atoms with Gasteiger partial charge in [0.25, 0.3) is 15.9 Å². The summed E-state index contributed by atoms with van der Waals surface area (Å²) in [6.45, 7) is 0.121. The van der Waals surface area contributed by atoms with Crippen LogP contribution in [0.15, 0.2) is 89.8 Å². The average molecular weight is 455 g/mol. The predicted molar refractivity (Wildman–Crippen MR) is 117 cm³/mol. The molecule has 158 valence electrons. The number of nitrogens with zero attached hydrogens (tertiary/aromatic N) is 2. The number of imide groups is 1. The lowest BCUT2D eigenvalue weighted by Crippen LogP contribution is -2.37. The van der Waals surface area contributed by atoms with Gasteiger partial charge in [0.1, 0.15) is 6.04 Å². The third kappa shape index (κ3) is 4.19. The highest BCUT2D eigenvalue weighted by Crippen LogP contribution is 2.29. The van der Waals surface area contributed by atoms with E-state index in [1.165, 1.54) is 29.2 Å². The van der Waals surface area contributed by atoms with Gasteiger partial charge in [0.15, 0.2) is 0 Å². The number of halogens is 1. The van der Waals surface area contributed by atoms with Crippen molar-refractivity contribution in [2.24, 2.45) is 0 Å². The Balaban J connectivity index is 1.72. The molecule has 4 rings (SSSR count). The first-order valence-electron chi connectivity index (χ1n) is 9.61. The number of hydrogen-bond donors (Lipinski definition) is 0. The Morgan fingerprint density at radius 1 is 0.774 bits per heavy atom. The second-order valence-electron chi connectivity index (χ2n) is 7.16. The molecule has 0 unspecified atom stereocenters. The highest BCUT2D eigenvalue weighted by molar-refractivity contribution is 7.90. The van der Waals surface area contributed by atoms with Crippen LogP contribution in [0.1, 0.15) is 11.1 Å². The summed E-state index contributed by atoms with van der Waals surface area (Å²) >= 11 is 5.86. The molecule has 1 heterocycles. The minimum Gasteiger partial charge on any atom is -0.307 e. The molecule has 1 aliphatic heterocycles. The lowest BCUT2D eigenvalue weighted by molar-refractivity contribution is -0.125. The van der Waals surface area contributed by atoms with Crippen LogP contribution < -0.4 is 0 Å². The van der Waals surface area contributed by atoms with Crippen LogP contribution in [0.2, 0.25) is 5.02 Å². The fourth-order valence-electron chi connectivity index (χ4n) is 3.54. The molecule has 3 aromatic rings. The summed E-state index contributed by atoms with van der Waals surface area (Å²) in [6, 6.07) is 21.9. The molecule has 0 saturated carbocycles. The number of urea groups is 1. The van der Waals surface area contributed by atoms with Gasteiger partial charge in [0.2, 0.25) is 0 Å². The van der Waals surface area contributed by atoms with Crippen LogP contribution >= 0.6 is 11.6 Å². The molecule has 8 heteroatoms. The normalized spacial score (nSPS) is 16.7. The van der Waals surface area contributed by atoms with Gasteiger partial charge in [-0.05, 0) is 35.4 Å². The Kier molecular flexibility index (Phi) is 5.80. The highest BCUT2D eigenvalue weighted by atomic mass is 35.5. The monoisotopic (exact) mass is 454 g/mol. The molecule has 3 aromatic carbocycles. The fourth-order valence-corrected chi connectivity index (χ4v) is 5.02.